The molecule has 14 rings (SSSR count). The summed E-state index contributed by atoms with van der Waals surface area (Å²) in [6, 6.07) is 47.7. The number of nitrogens with zero attached hydrogens (tertiary/aromatic N) is 2. The fraction of sp³-hybridized carbons (Fsp3) is 0.0286. The first-order valence-corrected chi connectivity index (χ1v) is 28.8. The van der Waals surface area contributed by atoms with Crippen molar-refractivity contribution in [2.75, 3.05) is 5.73 Å². The lowest BCUT2D eigenvalue weighted by Crippen LogP contribution is -2.29. The zero-order valence-electron chi connectivity index (χ0n) is 46.5. The predicted molar refractivity (Wildman–Crippen MR) is 347 cm³/mol. The Hall–Kier alpha value is -11.1. The number of anilines is 1. The molecule has 0 unspecified atom stereocenters. The molecule has 0 saturated carbocycles. The van der Waals surface area contributed by atoms with E-state index < -0.39 is 22.5 Å². The van der Waals surface area contributed by atoms with Crippen LogP contribution in [0.4, 0.5) is 5.69 Å². The second-order valence-corrected chi connectivity index (χ2v) is 22.5. The highest BCUT2D eigenvalue weighted by atomic mass is 127. The molecule has 0 saturated heterocycles. The Morgan fingerprint density at radius 1 is 0.348 bits per heavy atom. The average Bonchev–Trinajstić information content (AvgIpc) is 0.926. The maximum atomic E-state index is 12.7. The van der Waals surface area contributed by atoms with Crippen LogP contribution in [0.3, 0.4) is 0 Å². The van der Waals surface area contributed by atoms with Crippen LogP contribution < -0.4 is 28.2 Å². The third-order valence-electron chi connectivity index (χ3n) is 14.4. The molecule has 2 heterocycles. The van der Waals surface area contributed by atoms with Gasteiger partial charge in [0.15, 0.2) is 46.3 Å². The van der Waals surface area contributed by atoms with Crippen LogP contribution in [0.2, 0.25) is 0 Å². The minimum Gasteiger partial charge on any atom is -0.399 e. The lowest BCUT2D eigenvalue weighted by Gasteiger charge is -2.17. The second kappa shape index (κ2) is 25.4. The van der Waals surface area contributed by atoms with Crippen molar-refractivity contribution >= 4 is 97.1 Å². The number of nitrogens with one attached hydrogen (secondary N) is 2. The molecule has 0 bridgehead atoms. The summed E-state index contributed by atoms with van der Waals surface area (Å²) in [6.45, 7) is 0. The zero-order valence-corrected chi connectivity index (χ0v) is 50.8. The molecule has 17 nitrogen and oxygen atoms in total. The number of rotatable bonds is 0. The van der Waals surface area contributed by atoms with Crippen molar-refractivity contribution in [1.82, 2.24) is 19.1 Å². The Labute approximate surface area is 531 Å². The Bertz CT molecular complexity index is 4890. The molecular formula is C70H41I2N5O12. The SMILES string of the molecule is C#Cc1cn(C)c(=O)[nH]c1=O.Cn1cc(C#Cc2ccc3c(c2)C(=O)c2ccccc2C3=O)c(=O)[nH]c1=O.Nc1ccc2c(c1)C(=O)c1ccccc1C2=O.O=C1c2ccccc2C(=O)c2cc(I)ccc21.O=C1c2ccccc2C(=O)c2cc(I)ccc21. The molecular weight excluding hydrogens is 1360 g/mol. The van der Waals surface area contributed by atoms with Gasteiger partial charge in [0, 0.05) is 134 Å². The number of nitrogen functional groups attached to an aromatic ring is 1. The Morgan fingerprint density at radius 2 is 0.629 bits per heavy atom. The molecule has 2 aromatic heterocycles. The smallest absolute Gasteiger partial charge is 0.328 e. The van der Waals surface area contributed by atoms with Gasteiger partial charge < -0.3 is 14.9 Å². The molecule has 10 aromatic rings. The van der Waals surface area contributed by atoms with Gasteiger partial charge in [0.05, 0.1) is 0 Å². The first kappa shape index (κ1) is 61.0. The van der Waals surface area contributed by atoms with Crippen LogP contribution in [0.1, 0.15) is 144 Å². The van der Waals surface area contributed by atoms with Gasteiger partial charge in [-0.05, 0) is 118 Å². The average molecular weight is 1400 g/mol. The van der Waals surface area contributed by atoms with Gasteiger partial charge in [-0.1, -0.05) is 115 Å². The molecule has 4 N–H and O–H groups in total. The number of carbonyl (C=O) groups excluding carboxylic acids is 8. The van der Waals surface area contributed by atoms with Crippen molar-refractivity contribution in [3.63, 3.8) is 0 Å². The van der Waals surface area contributed by atoms with Crippen LogP contribution in [0.25, 0.3) is 0 Å². The second-order valence-electron chi connectivity index (χ2n) is 20.0. The van der Waals surface area contributed by atoms with Crippen LogP contribution in [-0.2, 0) is 14.1 Å². The zero-order chi connectivity index (χ0) is 63.5. The van der Waals surface area contributed by atoms with E-state index in [0.717, 1.165) is 7.14 Å². The molecule has 4 aliphatic carbocycles. The van der Waals surface area contributed by atoms with Crippen molar-refractivity contribution in [2.45, 2.75) is 0 Å². The van der Waals surface area contributed by atoms with Crippen LogP contribution in [-0.4, -0.2) is 65.4 Å². The number of ketones is 8. The van der Waals surface area contributed by atoms with Crippen LogP contribution in [0.5, 0.6) is 0 Å². The number of nitrogens with two attached hydrogens (primary N) is 1. The highest BCUT2D eigenvalue weighted by molar-refractivity contribution is 14.1. The van der Waals surface area contributed by atoms with E-state index in [9.17, 15) is 57.5 Å². The number of H-pyrrole nitrogens is 2. The van der Waals surface area contributed by atoms with Gasteiger partial charge in [-0.15, -0.1) is 6.42 Å². The molecule has 0 atom stereocenters. The van der Waals surface area contributed by atoms with Gasteiger partial charge in [-0.25, -0.2) is 9.59 Å². The molecule has 0 aliphatic heterocycles. The fourth-order valence-electron chi connectivity index (χ4n) is 9.90. The van der Waals surface area contributed by atoms with E-state index in [2.05, 4.69) is 72.9 Å². The van der Waals surface area contributed by atoms with Crippen molar-refractivity contribution in [1.29, 1.82) is 0 Å². The van der Waals surface area contributed by atoms with E-state index in [0.29, 0.717) is 100 Å². The molecule has 0 fully saturated rings. The standard InChI is InChI=1S/C21H12N2O4.2C14H7IO2.C14H9NO2.C7H6N2O2/c1-23-11-13(20(26)22-21(23)27)8-6-12-7-9-16-17(10-12)19(25)15-5-3-2-4-14(15)18(16)24;3*15-8-5-6-11-12(7-8)14(17)10-4-2-1-3-9(10)13(11)16;1-3-5-4-9(2)7(11)8-6(5)10/h2-5,7,9-11H,1H3,(H,22,26,27);2*1-7H;1-7H,15H2;1,4H,2H3,(H,8,10,11). The Kier molecular flexibility index (Phi) is 17.4. The highest BCUT2D eigenvalue weighted by Gasteiger charge is 2.33. The van der Waals surface area contributed by atoms with Gasteiger partial charge in [0.25, 0.3) is 11.1 Å². The number of halogens is 2. The molecule has 19 heteroatoms. The minimum atomic E-state index is -0.580. The predicted octanol–water partition coefficient (Wildman–Crippen LogP) is 8.48. The number of aromatic amines is 2. The molecule has 89 heavy (non-hydrogen) atoms. The number of aromatic nitrogens is 4. The minimum absolute atomic E-state index is 0.0614. The van der Waals surface area contributed by atoms with Gasteiger partial charge >= 0.3 is 11.4 Å². The Morgan fingerprint density at radius 3 is 0.989 bits per heavy atom. The normalized spacial score (nSPS) is 12.3. The lowest BCUT2D eigenvalue weighted by atomic mass is 9.83. The fourth-order valence-corrected chi connectivity index (χ4v) is 10.9. The van der Waals surface area contributed by atoms with Crippen LogP contribution in [0, 0.1) is 31.3 Å². The number of terminal acetylenes is 1. The number of hydrogen-bond donors (Lipinski definition) is 3. The maximum absolute atomic E-state index is 12.7. The molecule has 0 spiro atoms. The van der Waals surface area contributed by atoms with Gasteiger partial charge in [0.1, 0.15) is 11.1 Å². The summed E-state index contributed by atoms with van der Waals surface area (Å²) in [5.74, 6) is 6.73. The summed E-state index contributed by atoms with van der Waals surface area (Å²) in [6.07, 6.45) is 7.65. The monoisotopic (exact) mass is 1400 g/mol. The summed E-state index contributed by atoms with van der Waals surface area (Å²) in [5, 5.41) is 0. The highest BCUT2D eigenvalue weighted by Crippen LogP contribution is 2.32. The van der Waals surface area contributed by atoms with E-state index in [1.165, 1.54) is 35.6 Å². The van der Waals surface area contributed by atoms with Crippen molar-refractivity contribution in [2.24, 2.45) is 14.1 Å². The van der Waals surface area contributed by atoms with E-state index in [4.69, 9.17) is 12.2 Å². The van der Waals surface area contributed by atoms with E-state index in [1.54, 1.807) is 158 Å². The van der Waals surface area contributed by atoms with Crippen LogP contribution in [0.15, 0.2) is 201 Å². The van der Waals surface area contributed by atoms with Gasteiger partial charge in [-0.2, -0.15) is 0 Å². The first-order chi connectivity index (χ1) is 42.6. The topological polar surface area (TPSA) is 272 Å². The number of aryl methyl sites for hydroxylation is 2. The third kappa shape index (κ3) is 12.2. The van der Waals surface area contributed by atoms with Crippen molar-refractivity contribution in [3.8, 4) is 24.2 Å². The summed E-state index contributed by atoms with van der Waals surface area (Å²) in [4.78, 5) is 148. The largest absolute Gasteiger partial charge is 0.399 e. The molecule has 4 aliphatic rings. The lowest BCUT2D eigenvalue weighted by molar-refractivity contribution is 0.0979. The quantitative estimate of drug-likeness (QED) is 0.0731. The van der Waals surface area contributed by atoms with E-state index in [-0.39, 0.29) is 57.4 Å². The van der Waals surface area contributed by atoms with Gasteiger partial charge in [-0.3, -0.25) is 57.9 Å². The number of carbonyl (C=O) groups is 8. The van der Waals surface area contributed by atoms with E-state index >= 15 is 0 Å². The van der Waals surface area contributed by atoms with Crippen LogP contribution >= 0.6 is 45.2 Å². The number of hydrogen-bond acceptors (Lipinski definition) is 13. The van der Waals surface area contributed by atoms with Crippen molar-refractivity contribution in [3.05, 3.63) is 337 Å². The molecule has 8 aromatic carbocycles. The molecule has 432 valence electrons. The summed E-state index contributed by atoms with van der Waals surface area (Å²) < 4.78 is 4.36. The summed E-state index contributed by atoms with van der Waals surface area (Å²) >= 11 is 4.28. The molecule has 0 amide bonds. The van der Waals surface area contributed by atoms with Crippen molar-refractivity contribution < 1.29 is 38.4 Å². The summed E-state index contributed by atoms with van der Waals surface area (Å²) in [5.41, 5.74) is 12.0. The van der Waals surface area contributed by atoms with Gasteiger partial charge in [0.2, 0.25) is 0 Å². The third-order valence-corrected chi connectivity index (χ3v) is 15.7. The number of benzene rings is 8. The first-order valence-electron chi connectivity index (χ1n) is 26.6. The maximum Gasteiger partial charge on any atom is 0.328 e. The van der Waals surface area contributed by atoms with E-state index in [1.807, 2.05) is 12.1 Å². The summed E-state index contributed by atoms with van der Waals surface area (Å²) in [7, 11) is 3.02. The Balaban J connectivity index is 0.000000126. The molecule has 0 radical (unpaired) electrons. The number of fused-ring (bicyclic) bond motifs is 8.